The third kappa shape index (κ3) is 3.28. The molecule has 24 heavy (non-hydrogen) atoms. The molecule has 0 fully saturated rings. The van der Waals surface area contributed by atoms with Crippen LogP contribution in [-0.4, -0.2) is 37.6 Å². The average Bonchev–Trinajstić information content (AvgIpc) is 3.15. The van der Waals surface area contributed by atoms with Crippen LogP contribution in [0.4, 0.5) is 0 Å². The summed E-state index contributed by atoms with van der Waals surface area (Å²) in [4.78, 5) is 22.1. The van der Waals surface area contributed by atoms with Crippen molar-refractivity contribution in [3.05, 3.63) is 71.5 Å². The maximum Gasteiger partial charge on any atom is 0.255 e. The van der Waals surface area contributed by atoms with E-state index in [9.17, 15) is 4.79 Å². The molecule has 6 nitrogen and oxygen atoms in total. The van der Waals surface area contributed by atoms with Crippen LogP contribution in [0.1, 0.15) is 28.9 Å². The third-order valence-electron chi connectivity index (χ3n) is 3.93. The number of nitrogens with zero attached hydrogens (tertiary/aromatic N) is 5. The monoisotopic (exact) mass is 341 g/mol. The Balaban J connectivity index is 1.76. The van der Waals surface area contributed by atoms with Crippen LogP contribution in [0.5, 0.6) is 0 Å². The molecule has 0 aliphatic rings. The van der Waals surface area contributed by atoms with Crippen LogP contribution < -0.4 is 0 Å². The molecule has 1 atom stereocenters. The van der Waals surface area contributed by atoms with E-state index in [-0.39, 0.29) is 11.9 Å². The molecule has 0 saturated carbocycles. The summed E-state index contributed by atoms with van der Waals surface area (Å²) in [5, 5.41) is 4.46. The van der Waals surface area contributed by atoms with Gasteiger partial charge in [-0.2, -0.15) is 5.10 Å². The second-order valence-electron chi connectivity index (χ2n) is 5.39. The second-order valence-corrected chi connectivity index (χ2v) is 5.78. The maximum atomic E-state index is 12.5. The molecule has 1 aromatic carbocycles. The van der Waals surface area contributed by atoms with Gasteiger partial charge in [0.15, 0.2) is 0 Å². The van der Waals surface area contributed by atoms with Gasteiger partial charge in [0.2, 0.25) is 0 Å². The van der Waals surface area contributed by atoms with E-state index in [1.807, 2.05) is 31.2 Å². The Labute approximate surface area is 144 Å². The van der Waals surface area contributed by atoms with Gasteiger partial charge in [-0.3, -0.25) is 4.79 Å². The molecule has 7 heteroatoms. The summed E-state index contributed by atoms with van der Waals surface area (Å²) in [6, 6.07) is 11.1. The van der Waals surface area contributed by atoms with Crippen LogP contribution in [0.2, 0.25) is 5.15 Å². The third-order valence-corrected chi connectivity index (χ3v) is 4.16. The Morgan fingerprint density at radius 3 is 2.54 bits per heavy atom. The lowest BCUT2D eigenvalue weighted by atomic mass is 10.1. The van der Waals surface area contributed by atoms with Gasteiger partial charge >= 0.3 is 0 Å². The normalized spacial score (nSPS) is 12.0. The maximum absolute atomic E-state index is 12.5. The Morgan fingerprint density at radius 2 is 1.96 bits per heavy atom. The summed E-state index contributed by atoms with van der Waals surface area (Å²) >= 11 is 5.76. The van der Waals surface area contributed by atoms with E-state index in [2.05, 4.69) is 15.1 Å². The number of amides is 1. The molecule has 3 aromatic rings. The minimum atomic E-state index is -0.105. The van der Waals surface area contributed by atoms with Gasteiger partial charge in [0.1, 0.15) is 17.8 Å². The van der Waals surface area contributed by atoms with Crippen molar-refractivity contribution in [1.82, 2.24) is 24.6 Å². The van der Waals surface area contributed by atoms with Gasteiger partial charge in [0.05, 0.1) is 17.3 Å². The van der Waals surface area contributed by atoms with Crippen LogP contribution >= 0.6 is 11.6 Å². The molecule has 0 spiro atoms. The van der Waals surface area contributed by atoms with E-state index in [0.29, 0.717) is 10.7 Å². The first-order valence-electron chi connectivity index (χ1n) is 7.40. The van der Waals surface area contributed by atoms with Crippen LogP contribution in [0.15, 0.2) is 55.2 Å². The number of carbonyl (C=O) groups is 1. The van der Waals surface area contributed by atoms with Gasteiger partial charge in [0, 0.05) is 13.2 Å². The number of halogens is 1. The predicted octanol–water partition coefficient (Wildman–Crippen LogP) is 3.15. The predicted molar refractivity (Wildman–Crippen MR) is 91.1 cm³/mol. The van der Waals surface area contributed by atoms with Gasteiger partial charge in [-0.25, -0.2) is 14.6 Å². The van der Waals surface area contributed by atoms with Crippen molar-refractivity contribution in [2.75, 3.05) is 7.05 Å². The lowest BCUT2D eigenvalue weighted by Gasteiger charge is -2.25. The highest BCUT2D eigenvalue weighted by molar-refractivity contribution is 6.29. The number of benzene rings is 1. The average molecular weight is 342 g/mol. The first-order valence-corrected chi connectivity index (χ1v) is 7.78. The quantitative estimate of drug-likeness (QED) is 0.684. The molecule has 2 heterocycles. The molecule has 0 aliphatic carbocycles. The smallest absolute Gasteiger partial charge is 0.255 e. The van der Waals surface area contributed by atoms with Gasteiger partial charge in [-0.15, -0.1) is 0 Å². The van der Waals surface area contributed by atoms with Gasteiger partial charge in [-0.05, 0) is 36.8 Å². The SMILES string of the molecule is C[C@@H](c1ccc(-n2cncn2)cc1)N(C)C(=O)c1ccc(Cl)nc1. The van der Waals surface area contributed by atoms with E-state index >= 15 is 0 Å². The molecule has 3 rings (SSSR count). The first-order chi connectivity index (χ1) is 11.6. The molecule has 0 aliphatic heterocycles. The summed E-state index contributed by atoms with van der Waals surface area (Å²) in [5.74, 6) is -0.105. The standard InChI is InChI=1S/C17H16ClN5O/c1-12(22(2)17(24)14-5-8-16(18)20-9-14)13-3-6-15(7-4-13)23-11-19-10-21-23/h3-12H,1-2H3/t12-/m0/s1. The molecular weight excluding hydrogens is 326 g/mol. The second kappa shape index (κ2) is 6.80. The molecule has 122 valence electrons. The van der Waals surface area contributed by atoms with Crippen molar-refractivity contribution >= 4 is 17.5 Å². The highest BCUT2D eigenvalue weighted by Gasteiger charge is 2.19. The van der Waals surface area contributed by atoms with Crippen molar-refractivity contribution in [3.63, 3.8) is 0 Å². The minimum Gasteiger partial charge on any atom is -0.335 e. The van der Waals surface area contributed by atoms with Gasteiger partial charge in [0.25, 0.3) is 5.91 Å². The van der Waals surface area contributed by atoms with Crippen molar-refractivity contribution in [3.8, 4) is 5.69 Å². The van der Waals surface area contributed by atoms with Crippen LogP contribution in [0, 0.1) is 0 Å². The summed E-state index contributed by atoms with van der Waals surface area (Å²) in [7, 11) is 1.77. The molecule has 0 unspecified atom stereocenters. The largest absolute Gasteiger partial charge is 0.335 e. The van der Waals surface area contributed by atoms with E-state index in [0.717, 1.165) is 11.3 Å². The van der Waals surface area contributed by atoms with Crippen molar-refractivity contribution in [1.29, 1.82) is 0 Å². The lowest BCUT2D eigenvalue weighted by Crippen LogP contribution is -2.29. The Kier molecular flexibility index (Phi) is 4.57. The van der Waals surface area contributed by atoms with E-state index < -0.39 is 0 Å². The number of rotatable bonds is 4. The fraction of sp³-hybridized carbons (Fsp3) is 0.176. The minimum absolute atomic E-state index is 0.0852. The topological polar surface area (TPSA) is 63.9 Å². The zero-order chi connectivity index (χ0) is 17.1. The molecule has 1 amide bonds. The zero-order valence-corrected chi connectivity index (χ0v) is 14.1. The molecule has 0 radical (unpaired) electrons. The summed E-state index contributed by atoms with van der Waals surface area (Å²) < 4.78 is 1.68. The van der Waals surface area contributed by atoms with Crippen molar-refractivity contribution in [2.24, 2.45) is 0 Å². The molecule has 0 N–H and O–H groups in total. The zero-order valence-electron chi connectivity index (χ0n) is 13.3. The van der Waals surface area contributed by atoms with E-state index in [4.69, 9.17) is 11.6 Å². The lowest BCUT2D eigenvalue weighted by molar-refractivity contribution is 0.0742. The number of carbonyl (C=O) groups excluding carboxylic acids is 1. The summed E-state index contributed by atoms with van der Waals surface area (Å²) in [6.07, 6.45) is 4.62. The first kappa shape index (κ1) is 16.1. The fourth-order valence-corrected chi connectivity index (χ4v) is 2.46. The Morgan fingerprint density at radius 1 is 1.21 bits per heavy atom. The fourth-order valence-electron chi connectivity index (χ4n) is 2.35. The highest BCUT2D eigenvalue weighted by atomic mass is 35.5. The number of pyridine rings is 1. The highest BCUT2D eigenvalue weighted by Crippen LogP contribution is 2.22. The molecular formula is C17H16ClN5O. The molecule has 0 bridgehead atoms. The van der Waals surface area contributed by atoms with Crippen LogP contribution in [0.3, 0.4) is 0 Å². The van der Waals surface area contributed by atoms with Crippen molar-refractivity contribution < 1.29 is 4.79 Å². The Hall–Kier alpha value is -2.73. The van der Waals surface area contributed by atoms with Crippen LogP contribution in [0.25, 0.3) is 5.69 Å². The molecule has 0 saturated heterocycles. The molecule has 2 aromatic heterocycles. The Bertz CT molecular complexity index is 815. The van der Waals surface area contributed by atoms with E-state index in [1.54, 1.807) is 35.1 Å². The van der Waals surface area contributed by atoms with E-state index in [1.165, 1.54) is 12.5 Å². The number of hydrogen-bond donors (Lipinski definition) is 0. The number of aromatic nitrogens is 4. The number of hydrogen-bond acceptors (Lipinski definition) is 4. The van der Waals surface area contributed by atoms with Crippen LogP contribution in [-0.2, 0) is 0 Å². The summed E-state index contributed by atoms with van der Waals surface area (Å²) in [6.45, 7) is 1.98. The summed E-state index contributed by atoms with van der Waals surface area (Å²) in [5.41, 5.74) is 2.45. The van der Waals surface area contributed by atoms with Crippen molar-refractivity contribution in [2.45, 2.75) is 13.0 Å². The van der Waals surface area contributed by atoms with Gasteiger partial charge in [-0.1, -0.05) is 23.7 Å². The van der Waals surface area contributed by atoms with Gasteiger partial charge < -0.3 is 4.90 Å².